The van der Waals surface area contributed by atoms with Gasteiger partial charge in [-0.2, -0.15) is 0 Å². The van der Waals surface area contributed by atoms with Crippen LogP contribution in [0.3, 0.4) is 0 Å². The lowest BCUT2D eigenvalue weighted by Gasteiger charge is -2.22. The standard InChI is InChI=1S/C13H23N/c1-13(2)6-5-10(8-13)14-12-4-3-9-7-11(9)12/h9-12,14H,3-8H2,1-2H3/t9-,10?,11+,12?/m1/s1. The summed E-state index contributed by atoms with van der Waals surface area (Å²) in [6.07, 6.45) is 8.76. The zero-order chi connectivity index (χ0) is 9.76. The molecule has 1 nitrogen and oxygen atoms in total. The fourth-order valence-corrected chi connectivity index (χ4v) is 3.79. The predicted molar refractivity (Wildman–Crippen MR) is 59.2 cm³/mol. The van der Waals surface area contributed by atoms with Gasteiger partial charge in [-0.25, -0.2) is 0 Å². The van der Waals surface area contributed by atoms with E-state index in [0.29, 0.717) is 5.41 Å². The molecule has 2 unspecified atom stereocenters. The average Bonchev–Trinajstić information content (AvgIpc) is 2.68. The summed E-state index contributed by atoms with van der Waals surface area (Å²) < 4.78 is 0. The van der Waals surface area contributed by atoms with Crippen molar-refractivity contribution in [3.63, 3.8) is 0 Å². The Morgan fingerprint density at radius 3 is 2.50 bits per heavy atom. The summed E-state index contributed by atoms with van der Waals surface area (Å²) in [4.78, 5) is 0. The molecule has 14 heavy (non-hydrogen) atoms. The first-order valence-corrected chi connectivity index (χ1v) is 6.40. The van der Waals surface area contributed by atoms with E-state index in [1.165, 1.54) is 38.5 Å². The second-order valence-electron chi connectivity index (χ2n) is 6.61. The van der Waals surface area contributed by atoms with Crippen LogP contribution in [0.2, 0.25) is 0 Å². The van der Waals surface area contributed by atoms with Crippen LogP contribution in [0.4, 0.5) is 0 Å². The Kier molecular flexibility index (Phi) is 1.96. The van der Waals surface area contributed by atoms with Crippen LogP contribution in [0.1, 0.15) is 52.4 Å². The van der Waals surface area contributed by atoms with Crippen LogP contribution in [0.5, 0.6) is 0 Å². The molecule has 0 radical (unpaired) electrons. The van der Waals surface area contributed by atoms with Gasteiger partial charge in [0.15, 0.2) is 0 Å². The highest BCUT2D eigenvalue weighted by Crippen LogP contribution is 2.52. The minimum atomic E-state index is 0.610. The molecule has 3 rings (SSSR count). The molecule has 0 aromatic heterocycles. The third-order valence-electron chi connectivity index (χ3n) is 4.76. The molecule has 3 saturated carbocycles. The number of nitrogens with one attached hydrogen (secondary N) is 1. The lowest BCUT2D eigenvalue weighted by atomic mass is 9.91. The fourth-order valence-electron chi connectivity index (χ4n) is 3.79. The SMILES string of the molecule is CC1(C)CCC(NC2CC[C@@H]3C[C@H]23)C1. The summed E-state index contributed by atoms with van der Waals surface area (Å²) in [7, 11) is 0. The van der Waals surface area contributed by atoms with Crippen molar-refractivity contribution in [1.29, 1.82) is 0 Å². The summed E-state index contributed by atoms with van der Waals surface area (Å²) in [5.41, 5.74) is 0.610. The monoisotopic (exact) mass is 193 g/mol. The molecule has 3 aliphatic rings. The van der Waals surface area contributed by atoms with E-state index in [2.05, 4.69) is 19.2 Å². The van der Waals surface area contributed by atoms with Crippen molar-refractivity contribution in [3.05, 3.63) is 0 Å². The molecule has 0 saturated heterocycles. The molecule has 4 atom stereocenters. The smallest absolute Gasteiger partial charge is 0.0101 e. The molecule has 0 aliphatic heterocycles. The molecule has 3 aliphatic carbocycles. The van der Waals surface area contributed by atoms with Crippen LogP contribution >= 0.6 is 0 Å². The van der Waals surface area contributed by atoms with E-state index >= 15 is 0 Å². The molecule has 0 bridgehead atoms. The first kappa shape index (κ1) is 9.21. The average molecular weight is 193 g/mol. The van der Waals surface area contributed by atoms with Crippen LogP contribution < -0.4 is 5.32 Å². The molecular weight excluding hydrogens is 170 g/mol. The molecule has 0 aromatic rings. The van der Waals surface area contributed by atoms with Crippen molar-refractivity contribution in [2.24, 2.45) is 17.3 Å². The van der Waals surface area contributed by atoms with Crippen molar-refractivity contribution in [2.45, 2.75) is 64.5 Å². The third kappa shape index (κ3) is 1.60. The molecule has 1 heteroatoms. The van der Waals surface area contributed by atoms with Crippen LogP contribution in [0, 0.1) is 17.3 Å². The van der Waals surface area contributed by atoms with Gasteiger partial charge < -0.3 is 5.32 Å². The van der Waals surface area contributed by atoms with E-state index in [1.807, 2.05) is 0 Å². The van der Waals surface area contributed by atoms with Crippen molar-refractivity contribution in [2.75, 3.05) is 0 Å². The molecular formula is C13H23N. The van der Waals surface area contributed by atoms with E-state index in [9.17, 15) is 0 Å². The highest BCUT2D eigenvalue weighted by atomic mass is 15.0. The van der Waals surface area contributed by atoms with Gasteiger partial charge in [0.1, 0.15) is 0 Å². The number of fused-ring (bicyclic) bond motifs is 1. The summed E-state index contributed by atoms with van der Waals surface area (Å²) in [6.45, 7) is 4.84. The van der Waals surface area contributed by atoms with Crippen molar-refractivity contribution >= 4 is 0 Å². The normalized spacial score (nSPS) is 49.3. The fraction of sp³-hybridized carbons (Fsp3) is 1.00. The molecule has 1 N–H and O–H groups in total. The van der Waals surface area contributed by atoms with E-state index < -0.39 is 0 Å². The second-order valence-corrected chi connectivity index (χ2v) is 6.61. The maximum atomic E-state index is 3.92. The van der Waals surface area contributed by atoms with Crippen molar-refractivity contribution in [1.82, 2.24) is 5.32 Å². The van der Waals surface area contributed by atoms with E-state index in [4.69, 9.17) is 0 Å². The number of hydrogen-bond donors (Lipinski definition) is 1. The summed E-state index contributed by atoms with van der Waals surface area (Å²) >= 11 is 0. The quantitative estimate of drug-likeness (QED) is 0.711. The first-order chi connectivity index (χ1) is 6.64. The van der Waals surface area contributed by atoms with Crippen LogP contribution in [0.25, 0.3) is 0 Å². The molecule has 0 amide bonds. The lowest BCUT2D eigenvalue weighted by molar-refractivity contribution is 0.344. The van der Waals surface area contributed by atoms with Gasteiger partial charge in [0, 0.05) is 12.1 Å². The second kappa shape index (κ2) is 2.98. The zero-order valence-corrected chi connectivity index (χ0v) is 9.55. The number of rotatable bonds is 2. The highest BCUT2D eigenvalue weighted by molar-refractivity contribution is 5.03. The van der Waals surface area contributed by atoms with Crippen molar-refractivity contribution < 1.29 is 0 Å². The number of hydrogen-bond acceptors (Lipinski definition) is 1. The maximum Gasteiger partial charge on any atom is 0.0101 e. The Bertz CT molecular complexity index is 233. The van der Waals surface area contributed by atoms with Crippen molar-refractivity contribution in [3.8, 4) is 0 Å². The van der Waals surface area contributed by atoms with Crippen LogP contribution in [-0.2, 0) is 0 Å². The Morgan fingerprint density at radius 1 is 1.14 bits per heavy atom. The van der Waals surface area contributed by atoms with Gasteiger partial charge in [-0.1, -0.05) is 13.8 Å². The van der Waals surface area contributed by atoms with Gasteiger partial charge >= 0.3 is 0 Å². The minimum absolute atomic E-state index is 0.610. The Balaban J connectivity index is 1.53. The van der Waals surface area contributed by atoms with Gasteiger partial charge in [-0.15, -0.1) is 0 Å². The summed E-state index contributed by atoms with van der Waals surface area (Å²) in [5, 5.41) is 3.92. The lowest BCUT2D eigenvalue weighted by Crippen LogP contribution is -2.37. The Labute approximate surface area is 87.7 Å². The largest absolute Gasteiger partial charge is 0.311 e. The van der Waals surface area contributed by atoms with Gasteiger partial charge in [-0.05, 0) is 55.8 Å². The van der Waals surface area contributed by atoms with Gasteiger partial charge in [0.05, 0.1) is 0 Å². The first-order valence-electron chi connectivity index (χ1n) is 6.40. The molecule has 0 heterocycles. The molecule has 0 spiro atoms. The summed E-state index contributed by atoms with van der Waals surface area (Å²) in [5.74, 6) is 2.21. The highest BCUT2D eigenvalue weighted by Gasteiger charge is 2.48. The van der Waals surface area contributed by atoms with E-state index in [1.54, 1.807) is 0 Å². The topological polar surface area (TPSA) is 12.0 Å². The van der Waals surface area contributed by atoms with Gasteiger partial charge in [-0.3, -0.25) is 0 Å². The third-order valence-corrected chi connectivity index (χ3v) is 4.76. The maximum absolute atomic E-state index is 3.92. The van der Waals surface area contributed by atoms with E-state index in [0.717, 1.165) is 23.9 Å². The molecule has 3 fully saturated rings. The summed E-state index contributed by atoms with van der Waals surface area (Å²) in [6, 6.07) is 1.74. The predicted octanol–water partition coefficient (Wildman–Crippen LogP) is 2.95. The van der Waals surface area contributed by atoms with Gasteiger partial charge in [0.2, 0.25) is 0 Å². The van der Waals surface area contributed by atoms with Crippen LogP contribution in [-0.4, -0.2) is 12.1 Å². The van der Waals surface area contributed by atoms with E-state index in [-0.39, 0.29) is 0 Å². The minimum Gasteiger partial charge on any atom is -0.311 e. The molecule has 0 aromatic carbocycles. The molecule has 80 valence electrons. The Hall–Kier alpha value is -0.0400. The van der Waals surface area contributed by atoms with Gasteiger partial charge in [0.25, 0.3) is 0 Å². The van der Waals surface area contributed by atoms with Crippen LogP contribution in [0.15, 0.2) is 0 Å². The zero-order valence-electron chi connectivity index (χ0n) is 9.55. The Morgan fingerprint density at radius 2 is 2.00 bits per heavy atom.